The van der Waals surface area contributed by atoms with Gasteiger partial charge in [0.1, 0.15) is 12.4 Å². The number of carbonyl (C=O) groups is 1. The maximum Gasteiger partial charge on any atom is 0.352 e. The van der Waals surface area contributed by atoms with Crippen molar-refractivity contribution in [3.8, 4) is 11.5 Å². The van der Waals surface area contributed by atoms with Crippen molar-refractivity contribution in [2.24, 2.45) is 11.7 Å². The quantitative estimate of drug-likeness (QED) is 0.452. The average molecular weight is 320 g/mol. The van der Waals surface area contributed by atoms with E-state index in [1.54, 1.807) is 24.3 Å². The topological polar surface area (TPSA) is 105 Å². The minimum atomic E-state index is -0.690. The van der Waals surface area contributed by atoms with Crippen LogP contribution in [0, 0.1) is 5.82 Å². The molecule has 0 aromatic heterocycles. The molecule has 5 N–H and O–H groups in total. The summed E-state index contributed by atoms with van der Waals surface area (Å²) in [6.07, 6.45) is 0. The second-order valence-electron chi connectivity index (χ2n) is 4.80. The van der Waals surface area contributed by atoms with E-state index < -0.39 is 11.8 Å². The van der Waals surface area contributed by atoms with Crippen molar-refractivity contribution in [2.75, 3.05) is 12.1 Å². The zero-order valence-electron chi connectivity index (χ0n) is 12.4. The molecule has 0 atom stereocenters. The van der Waals surface area contributed by atoms with Gasteiger partial charge in [-0.1, -0.05) is 18.2 Å². The largest absolute Gasteiger partial charge is 0.508 e. The van der Waals surface area contributed by atoms with E-state index in [-0.39, 0.29) is 18.1 Å². The number of hydrogen-bond acceptors (Lipinski definition) is 5. The molecule has 7 nitrogen and oxygen atoms in total. The number of halogens is 1. The lowest BCUT2D eigenvalue weighted by Gasteiger charge is -2.23. The molecule has 122 valence electrons. The SMILES string of the molecule is CN(N)C(=O)N(N)c1ccccc1COc1ccc(O)cc1F. The molecule has 0 radical (unpaired) electrons. The first-order valence-electron chi connectivity index (χ1n) is 6.66. The lowest BCUT2D eigenvalue weighted by Crippen LogP contribution is -2.49. The van der Waals surface area contributed by atoms with Gasteiger partial charge in [0.15, 0.2) is 11.6 Å². The van der Waals surface area contributed by atoms with E-state index >= 15 is 0 Å². The van der Waals surface area contributed by atoms with Crippen LogP contribution in [0.5, 0.6) is 11.5 Å². The van der Waals surface area contributed by atoms with Gasteiger partial charge in [0, 0.05) is 18.7 Å². The third-order valence-electron chi connectivity index (χ3n) is 3.06. The number of aromatic hydroxyl groups is 1. The normalized spacial score (nSPS) is 10.3. The summed E-state index contributed by atoms with van der Waals surface area (Å²) < 4.78 is 19.0. The fourth-order valence-electron chi connectivity index (χ4n) is 1.90. The number of ether oxygens (including phenoxy) is 1. The number of para-hydroxylation sites is 1. The number of amides is 2. The number of phenols is 1. The van der Waals surface area contributed by atoms with E-state index in [0.29, 0.717) is 11.3 Å². The summed E-state index contributed by atoms with van der Waals surface area (Å²) in [5.41, 5.74) is 0.951. The van der Waals surface area contributed by atoms with Crippen LogP contribution in [0.3, 0.4) is 0 Å². The molecule has 8 heteroatoms. The first kappa shape index (κ1) is 16.5. The molecule has 0 aliphatic heterocycles. The van der Waals surface area contributed by atoms with Gasteiger partial charge in [0.05, 0.1) is 5.69 Å². The predicted molar refractivity (Wildman–Crippen MR) is 82.9 cm³/mol. The molecule has 2 aromatic carbocycles. The van der Waals surface area contributed by atoms with Crippen molar-refractivity contribution in [1.29, 1.82) is 0 Å². The van der Waals surface area contributed by atoms with Crippen LogP contribution in [0.4, 0.5) is 14.9 Å². The Morgan fingerprint density at radius 1 is 1.26 bits per heavy atom. The third kappa shape index (κ3) is 3.87. The van der Waals surface area contributed by atoms with Gasteiger partial charge >= 0.3 is 6.03 Å². The summed E-state index contributed by atoms with van der Waals surface area (Å²) in [6, 6.07) is 9.70. The van der Waals surface area contributed by atoms with Crippen LogP contribution in [0.1, 0.15) is 5.56 Å². The Morgan fingerprint density at radius 2 is 1.96 bits per heavy atom. The number of nitrogens with zero attached hydrogens (tertiary/aromatic N) is 2. The van der Waals surface area contributed by atoms with E-state index in [1.165, 1.54) is 19.2 Å². The maximum absolute atomic E-state index is 13.6. The molecular weight excluding hydrogens is 303 g/mol. The van der Waals surface area contributed by atoms with Crippen LogP contribution < -0.4 is 21.4 Å². The first-order valence-corrected chi connectivity index (χ1v) is 6.66. The number of rotatable bonds is 4. The fourth-order valence-corrected chi connectivity index (χ4v) is 1.90. The van der Waals surface area contributed by atoms with Crippen LogP contribution in [-0.2, 0) is 6.61 Å². The second-order valence-corrected chi connectivity index (χ2v) is 4.80. The van der Waals surface area contributed by atoms with Crippen LogP contribution in [0.15, 0.2) is 42.5 Å². The zero-order valence-corrected chi connectivity index (χ0v) is 12.4. The highest BCUT2D eigenvalue weighted by atomic mass is 19.1. The number of phenolic OH excluding ortho intramolecular Hbond substituents is 1. The molecule has 0 aliphatic carbocycles. The van der Waals surface area contributed by atoms with Gasteiger partial charge in [-0.05, 0) is 18.2 Å². The number of anilines is 1. The molecule has 23 heavy (non-hydrogen) atoms. The molecule has 0 fully saturated rings. The summed E-state index contributed by atoms with van der Waals surface area (Å²) in [5, 5.41) is 10.9. The van der Waals surface area contributed by atoms with E-state index in [4.69, 9.17) is 16.4 Å². The van der Waals surface area contributed by atoms with Crippen molar-refractivity contribution in [1.82, 2.24) is 5.01 Å². The minimum absolute atomic E-state index is 0.0207. The fraction of sp³-hybridized carbons (Fsp3) is 0.133. The van der Waals surface area contributed by atoms with Gasteiger partial charge in [-0.25, -0.2) is 25.9 Å². The molecular formula is C15H17FN4O3. The monoisotopic (exact) mass is 320 g/mol. The number of hydrazine groups is 2. The van der Waals surface area contributed by atoms with Crippen molar-refractivity contribution >= 4 is 11.7 Å². The number of nitrogens with two attached hydrogens (primary N) is 2. The highest BCUT2D eigenvalue weighted by molar-refractivity contribution is 5.91. The molecule has 2 rings (SSSR count). The van der Waals surface area contributed by atoms with E-state index in [9.17, 15) is 14.3 Å². The third-order valence-corrected chi connectivity index (χ3v) is 3.06. The maximum atomic E-state index is 13.6. The number of hydrogen-bond donors (Lipinski definition) is 3. The molecule has 2 aromatic rings. The predicted octanol–water partition coefficient (Wildman–Crippen LogP) is 1.72. The van der Waals surface area contributed by atoms with Gasteiger partial charge in [0.25, 0.3) is 0 Å². The van der Waals surface area contributed by atoms with Crippen LogP contribution in [0.25, 0.3) is 0 Å². The van der Waals surface area contributed by atoms with Gasteiger partial charge in [-0.2, -0.15) is 0 Å². The standard InChI is InChI=1S/C15H17FN4O3/c1-19(17)15(22)20(18)13-5-3-2-4-10(13)9-23-14-7-6-11(21)8-12(14)16/h2-8,21H,9,17-18H2,1H3. The average Bonchev–Trinajstić information content (AvgIpc) is 2.53. The Hall–Kier alpha value is -2.84. The van der Waals surface area contributed by atoms with E-state index in [0.717, 1.165) is 16.1 Å². The molecule has 0 aliphatic rings. The Kier molecular flexibility index (Phi) is 4.99. The van der Waals surface area contributed by atoms with E-state index in [1.807, 2.05) is 0 Å². The minimum Gasteiger partial charge on any atom is -0.508 e. The Balaban J connectivity index is 2.19. The van der Waals surface area contributed by atoms with Crippen LogP contribution in [-0.4, -0.2) is 23.2 Å². The lowest BCUT2D eigenvalue weighted by atomic mass is 10.2. The summed E-state index contributed by atoms with van der Waals surface area (Å²) in [6.45, 7) is -0.0207. The summed E-state index contributed by atoms with van der Waals surface area (Å²) in [7, 11) is 1.37. The Morgan fingerprint density at radius 3 is 2.61 bits per heavy atom. The summed E-state index contributed by atoms with van der Waals surface area (Å²) >= 11 is 0. The molecule has 0 spiro atoms. The van der Waals surface area contributed by atoms with Gasteiger partial charge in [-0.3, -0.25) is 5.01 Å². The molecule has 2 amide bonds. The number of carbonyl (C=O) groups excluding carboxylic acids is 1. The molecule has 0 bridgehead atoms. The molecule has 0 heterocycles. The Labute approximate surface area is 132 Å². The second kappa shape index (κ2) is 6.95. The summed E-state index contributed by atoms with van der Waals surface area (Å²) in [4.78, 5) is 11.8. The number of urea groups is 1. The zero-order chi connectivity index (χ0) is 17.0. The van der Waals surface area contributed by atoms with Gasteiger partial charge in [-0.15, -0.1) is 0 Å². The lowest BCUT2D eigenvalue weighted by molar-refractivity contribution is 0.216. The molecule has 0 saturated heterocycles. The van der Waals surface area contributed by atoms with Crippen LogP contribution in [0.2, 0.25) is 0 Å². The first-order chi connectivity index (χ1) is 10.9. The highest BCUT2D eigenvalue weighted by Crippen LogP contribution is 2.25. The summed E-state index contributed by atoms with van der Waals surface area (Å²) in [5.74, 6) is 10.2. The van der Waals surface area contributed by atoms with Crippen molar-refractivity contribution in [2.45, 2.75) is 6.61 Å². The van der Waals surface area contributed by atoms with Crippen molar-refractivity contribution < 1.29 is 19.0 Å². The molecule has 0 saturated carbocycles. The van der Waals surface area contributed by atoms with Crippen LogP contribution >= 0.6 is 0 Å². The van der Waals surface area contributed by atoms with Gasteiger partial charge in [0.2, 0.25) is 0 Å². The number of benzene rings is 2. The van der Waals surface area contributed by atoms with Crippen molar-refractivity contribution in [3.05, 3.63) is 53.8 Å². The Bertz CT molecular complexity index is 709. The highest BCUT2D eigenvalue weighted by Gasteiger charge is 2.17. The molecule has 0 unspecified atom stereocenters. The van der Waals surface area contributed by atoms with Gasteiger partial charge < -0.3 is 9.84 Å². The smallest absolute Gasteiger partial charge is 0.352 e. The van der Waals surface area contributed by atoms with Crippen molar-refractivity contribution in [3.63, 3.8) is 0 Å². The van der Waals surface area contributed by atoms with E-state index in [2.05, 4.69) is 0 Å².